The quantitative estimate of drug-likeness (QED) is 0.0394. The van der Waals surface area contributed by atoms with E-state index in [4.69, 9.17) is 18.9 Å². The summed E-state index contributed by atoms with van der Waals surface area (Å²) in [7, 11) is 0. The number of ether oxygens (including phenoxy) is 4. The molecular weight excluding hydrogens is 702 g/mol. The van der Waals surface area contributed by atoms with Crippen LogP contribution < -0.4 is 5.32 Å². The summed E-state index contributed by atoms with van der Waals surface area (Å²) in [4.78, 5) is 12.9. The highest BCUT2D eigenvalue weighted by molar-refractivity contribution is 5.76. The normalized spacial score (nSPS) is 30.3. The van der Waals surface area contributed by atoms with Gasteiger partial charge in [0.2, 0.25) is 5.91 Å². The van der Waals surface area contributed by atoms with Crippen molar-refractivity contribution >= 4 is 5.91 Å². The Balaban J connectivity index is 1.78. The van der Waals surface area contributed by atoms with E-state index in [-0.39, 0.29) is 12.5 Å². The lowest BCUT2D eigenvalue weighted by Gasteiger charge is -2.46. The van der Waals surface area contributed by atoms with Crippen LogP contribution in [-0.2, 0) is 23.7 Å². The van der Waals surface area contributed by atoms with E-state index >= 15 is 0 Å². The molecule has 54 heavy (non-hydrogen) atoms. The summed E-state index contributed by atoms with van der Waals surface area (Å²) in [5.41, 5.74) is 0. The van der Waals surface area contributed by atoms with Crippen molar-refractivity contribution in [1.82, 2.24) is 5.32 Å². The van der Waals surface area contributed by atoms with Crippen LogP contribution in [0, 0.1) is 0 Å². The second kappa shape index (κ2) is 28.8. The van der Waals surface area contributed by atoms with Crippen LogP contribution in [0.1, 0.15) is 129 Å². The zero-order valence-electron chi connectivity index (χ0n) is 32.7. The fraction of sp³-hybridized carbons (Fsp3) is 0.875. The Bertz CT molecular complexity index is 1010. The van der Waals surface area contributed by atoms with Crippen molar-refractivity contribution in [1.29, 1.82) is 0 Å². The van der Waals surface area contributed by atoms with E-state index in [0.717, 1.165) is 51.4 Å². The minimum atomic E-state index is -1.78. The maximum absolute atomic E-state index is 12.9. The summed E-state index contributed by atoms with van der Waals surface area (Å²) >= 11 is 0. The molecular formula is C40H73NO13. The van der Waals surface area contributed by atoms with E-state index in [9.17, 15) is 45.6 Å². The predicted octanol–water partition coefficient (Wildman–Crippen LogP) is 2.65. The summed E-state index contributed by atoms with van der Waals surface area (Å²) in [5.74, 6) is -0.230. The first-order chi connectivity index (χ1) is 26.1. The summed E-state index contributed by atoms with van der Waals surface area (Å²) in [6, 6.07) is -0.825. The van der Waals surface area contributed by atoms with Crippen LogP contribution >= 0.6 is 0 Å². The molecule has 0 aromatic carbocycles. The summed E-state index contributed by atoms with van der Waals surface area (Å²) < 4.78 is 22.4. The van der Waals surface area contributed by atoms with Gasteiger partial charge in [-0.15, -0.1) is 0 Å². The Labute approximate surface area is 322 Å². The lowest BCUT2D eigenvalue weighted by atomic mass is 9.97. The maximum Gasteiger partial charge on any atom is 0.220 e. The third kappa shape index (κ3) is 17.7. The summed E-state index contributed by atoms with van der Waals surface area (Å²) in [6.45, 7) is 2.60. The van der Waals surface area contributed by atoms with Gasteiger partial charge in [0.25, 0.3) is 0 Å². The van der Waals surface area contributed by atoms with Gasteiger partial charge >= 0.3 is 0 Å². The highest BCUT2D eigenvalue weighted by Gasteiger charge is 2.50. The smallest absolute Gasteiger partial charge is 0.220 e. The molecule has 2 fully saturated rings. The minimum absolute atomic E-state index is 0.230. The van der Waals surface area contributed by atoms with Crippen molar-refractivity contribution in [3.63, 3.8) is 0 Å². The SMILES string of the molecule is CCCCC/C=C\C/C=C\CCCCCCCCCC(=O)NC(COC1OC(CO)C(OC2OC(CO)C(O)C(O)C2O)C(O)C1O)C(O)CCCCC. The van der Waals surface area contributed by atoms with E-state index in [1.807, 2.05) is 6.92 Å². The Morgan fingerprint density at radius 1 is 0.667 bits per heavy atom. The molecule has 14 heteroatoms. The summed E-state index contributed by atoms with van der Waals surface area (Å²) in [6.07, 6.45) is 10.1. The summed E-state index contributed by atoms with van der Waals surface area (Å²) in [5, 5.41) is 85.7. The third-order valence-corrected chi connectivity index (χ3v) is 10.2. The van der Waals surface area contributed by atoms with Crippen molar-refractivity contribution in [2.24, 2.45) is 0 Å². The molecule has 12 atom stereocenters. The zero-order valence-corrected chi connectivity index (χ0v) is 32.7. The number of rotatable bonds is 29. The lowest BCUT2D eigenvalue weighted by Crippen LogP contribution is -2.65. The van der Waals surface area contributed by atoms with Crippen LogP contribution in [-0.4, -0.2) is 140 Å². The van der Waals surface area contributed by atoms with Gasteiger partial charge in [0, 0.05) is 6.42 Å². The molecule has 2 heterocycles. The Hall–Kier alpha value is -1.53. The van der Waals surface area contributed by atoms with Gasteiger partial charge in [-0.25, -0.2) is 0 Å². The minimum Gasteiger partial charge on any atom is -0.394 e. The van der Waals surface area contributed by atoms with Crippen LogP contribution in [0.2, 0.25) is 0 Å². The third-order valence-electron chi connectivity index (χ3n) is 10.2. The predicted molar refractivity (Wildman–Crippen MR) is 203 cm³/mol. The number of unbranched alkanes of at least 4 members (excludes halogenated alkanes) is 12. The molecule has 0 saturated carbocycles. The highest BCUT2D eigenvalue weighted by atomic mass is 16.7. The number of aliphatic hydroxyl groups excluding tert-OH is 8. The molecule has 2 rings (SSSR count). The second-order valence-corrected chi connectivity index (χ2v) is 14.8. The Morgan fingerprint density at radius 2 is 1.22 bits per heavy atom. The van der Waals surface area contributed by atoms with Gasteiger partial charge in [-0.2, -0.15) is 0 Å². The highest BCUT2D eigenvalue weighted by Crippen LogP contribution is 2.30. The molecule has 0 bridgehead atoms. The molecule has 0 radical (unpaired) electrons. The maximum atomic E-state index is 12.9. The average molecular weight is 776 g/mol. The number of hydrogen-bond acceptors (Lipinski definition) is 13. The molecule has 316 valence electrons. The molecule has 0 aromatic heterocycles. The van der Waals surface area contributed by atoms with E-state index in [2.05, 4.69) is 36.5 Å². The Morgan fingerprint density at radius 3 is 1.85 bits per heavy atom. The van der Waals surface area contributed by atoms with Crippen LogP contribution in [0.15, 0.2) is 24.3 Å². The lowest BCUT2D eigenvalue weighted by molar-refractivity contribution is -0.359. The standard InChI is InChI=1S/C40H73NO13/c1-3-5-7-8-9-10-11-12-13-14-15-16-17-18-19-20-22-24-32(45)41-28(29(44)23-21-6-4-2)27-51-39-37(50)35(48)38(31(26-43)53-39)54-40-36(49)34(47)33(46)30(25-42)52-40/h9-10,12-13,28-31,33-40,42-44,46-50H,3-8,11,14-27H2,1-2H3,(H,41,45)/b10-9-,13-12-. The molecule has 0 spiro atoms. The zero-order chi connectivity index (χ0) is 39.7. The first-order valence-electron chi connectivity index (χ1n) is 20.6. The first-order valence-corrected chi connectivity index (χ1v) is 20.6. The number of hydrogen-bond donors (Lipinski definition) is 9. The van der Waals surface area contributed by atoms with Gasteiger partial charge in [-0.1, -0.05) is 102 Å². The topological polar surface area (TPSA) is 228 Å². The largest absolute Gasteiger partial charge is 0.394 e. The molecule has 12 unspecified atom stereocenters. The van der Waals surface area contributed by atoms with Crippen LogP contribution in [0.25, 0.3) is 0 Å². The molecule has 2 aliphatic heterocycles. The van der Waals surface area contributed by atoms with Crippen molar-refractivity contribution < 1.29 is 64.6 Å². The fourth-order valence-corrected chi connectivity index (χ4v) is 6.67. The Kier molecular flexibility index (Phi) is 25.9. The molecule has 1 amide bonds. The van der Waals surface area contributed by atoms with Crippen molar-refractivity contribution in [3.05, 3.63) is 24.3 Å². The van der Waals surface area contributed by atoms with E-state index in [1.54, 1.807) is 0 Å². The number of allylic oxidation sites excluding steroid dienone is 4. The average Bonchev–Trinajstić information content (AvgIpc) is 3.16. The van der Waals surface area contributed by atoms with Crippen molar-refractivity contribution in [2.75, 3.05) is 19.8 Å². The van der Waals surface area contributed by atoms with Gasteiger partial charge in [0.1, 0.15) is 48.8 Å². The molecule has 0 aliphatic carbocycles. The van der Waals surface area contributed by atoms with Gasteiger partial charge in [-0.3, -0.25) is 4.79 Å². The van der Waals surface area contributed by atoms with E-state index in [0.29, 0.717) is 19.3 Å². The van der Waals surface area contributed by atoms with Crippen molar-refractivity contribution in [2.45, 2.75) is 203 Å². The fourth-order valence-electron chi connectivity index (χ4n) is 6.67. The monoisotopic (exact) mass is 776 g/mol. The molecule has 9 N–H and O–H groups in total. The van der Waals surface area contributed by atoms with Crippen LogP contribution in [0.4, 0.5) is 0 Å². The first kappa shape index (κ1) is 48.6. The van der Waals surface area contributed by atoms with E-state index in [1.165, 1.54) is 44.9 Å². The van der Waals surface area contributed by atoms with Crippen molar-refractivity contribution in [3.8, 4) is 0 Å². The van der Waals surface area contributed by atoms with E-state index < -0.39 is 86.8 Å². The number of carbonyl (C=O) groups is 1. The molecule has 2 saturated heterocycles. The number of aliphatic hydroxyl groups is 8. The van der Waals surface area contributed by atoms with Gasteiger partial charge < -0.3 is 65.1 Å². The van der Waals surface area contributed by atoms with Gasteiger partial charge in [-0.05, 0) is 44.9 Å². The van der Waals surface area contributed by atoms with Crippen LogP contribution in [0.3, 0.4) is 0 Å². The molecule has 2 aliphatic rings. The van der Waals surface area contributed by atoms with Gasteiger partial charge in [0.15, 0.2) is 12.6 Å². The molecule has 0 aromatic rings. The second-order valence-electron chi connectivity index (χ2n) is 14.8. The number of nitrogens with one attached hydrogen (secondary N) is 1. The number of carbonyl (C=O) groups excluding carboxylic acids is 1. The van der Waals surface area contributed by atoms with Crippen LogP contribution in [0.5, 0.6) is 0 Å². The van der Waals surface area contributed by atoms with Gasteiger partial charge in [0.05, 0.1) is 32.0 Å². The number of amides is 1. The molecule has 14 nitrogen and oxygen atoms in total.